The lowest BCUT2D eigenvalue weighted by atomic mass is 10.1. The molecule has 0 radical (unpaired) electrons. The highest BCUT2D eigenvalue weighted by Crippen LogP contribution is 2.28. The largest absolute Gasteiger partial charge is 0.457 e. The van der Waals surface area contributed by atoms with Gasteiger partial charge in [-0.15, -0.1) is 0 Å². The van der Waals surface area contributed by atoms with Crippen LogP contribution < -0.4 is 15.4 Å². The van der Waals surface area contributed by atoms with Crippen LogP contribution in [0.1, 0.15) is 12.5 Å². The molecule has 0 unspecified atom stereocenters. The Bertz CT molecular complexity index is 1260. The molecule has 0 spiro atoms. The third-order valence-corrected chi connectivity index (χ3v) is 5.17. The van der Waals surface area contributed by atoms with E-state index in [0.29, 0.717) is 17.3 Å². The minimum absolute atomic E-state index is 0.135. The van der Waals surface area contributed by atoms with Crippen molar-refractivity contribution in [2.75, 3.05) is 31.3 Å². The fraction of sp³-hybridized carbons (Fsp3) is 0.240. The van der Waals surface area contributed by atoms with E-state index in [1.54, 1.807) is 23.2 Å². The maximum absolute atomic E-state index is 12.0. The minimum atomic E-state index is -0.135. The van der Waals surface area contributed by atoms with E-state index < -0.39 is 0 Å². The molecule has 0 bridgehead atoms. The molecule has 0 saturated carbocycles. The second kappa shape index (κ2) is 9.70. The smallest absolute Gasteiger partial charge is 0.239 e. The number of amides is 1. The molecule has 0 atom stereocenters. The quantitative estimate of drug-likeness (QED) is 0.414. The highest BCUT2D eigenvalue weighted by atomic mass is 16.5. The van der Waals surface area contributed by atoms with Crippen molar-refractivity contribution in [3.8, 4) is 11.5 Å². The number of ether oxygens (including phenoxy) is 1. The summed E-state index contributed by atoms with van der Waals surface area (Å²) in [7, 11) is 5.65. The molecule has 2 N–H and O–H groups in total. The number of fused-ring (bicyclic) bond motifs is 1. The van der Waals surface area contributed by atoms with Gasteiger partial charge in [-0.1, -0.05) is 19.1 Å². The first-order valence-electron chi connectivity index (χ1n) is 10.8. The molecule has 1 amide bonds. The van der Waals surface area contributed by atoms with E-state index in [0.717, 1.165) is 29.1 Å². The molecular formula is C25H28N6O2. The Balaban J connectivity index is 1.50. The van der Waals surface area contributed by atoms with Crippen molar-refractivity contribution in [2.24, 2.45) is 7.05 Å². The maximum Gasteiger partial charge on any atom is 0.239 e. The number of carbonyl (C=O) groups is 1. The molecule has 8 nitrogen and oxygen atoms in total. The third kappa shape index (κ3) is 5.48. The Morgan fingerprint density at radius 1 is 1.06 bits per heavy atom. The van der Waals surface area contributed by atoms with Gasteiger partial charge in [-0.25, -0.2) is 9.97 Å². The Morgan fingerprint density at radius 3 is 2.55 bits per heavy atom. The van der Waals surface area contributed by atoms with Crippen LogP contribution in [0.25, 0.3) is 11.0 Å². The first-order chi connectivity index (χ1) is 15.9. The highest BCUT2D eigenvalue weighted by Gasteiger charge is 2.11. The van der Waals surface area contributed by atoms with Gasteiger partial charge >= 0.3 is 0 Å². The van der Waals surface area contributed by atoms with Gasteiger partial charge in [0, 0.05) is 31.1 Å². The molecule has 2 aromatic carbocycles. The number of imidazole rings is 1. The number of pyridine rings is 1. The molecule has 4 rings (SSSR count). The number of hydrogen-bond donors (Lipinski definition) is 2. The molecule has 170 valence electrons. The molecule has 0 fully saturated rings. The lowest BCUT2D eigenvalue weighted by Crippen LogP contribution is -2.27. The van der Waals surface area contributed by atoms with Crippen molar-refractivity contribution in [1.82, 2.24) is 19.4 Å². The number of nitrogens with zero attached hydrogens (tertiary/aromatic N) is 4. The van der Waals surface area contributed by atoms with E-state index in [4.69, 9.17) is 9.72 Å². The van der Waals surface area contributed by atoms with E-state index in [2.05, 4.69) is 46.8 Å². The summed E-state index contributed by atoms with van der Waals surface area (Å²) in [5.74, 6) is 2.29. The average Bonchev–Trinajstić information content (AvgIpc) is 3.08. The summed E-state index contributed by atoms with van der Waals surface area (Å²) in [6, 6.07) is 17.6. The number of carbonyl (C=O) groups excluding carboxylic acids is 1. The number of aromatic nitrogens is 3. The maximum atomic E-state index is 12.0. The van der Waals surface area contributed by atoms with Crippen LogP contribution in [-0.2, 0) is 18.3 Å². The molecule has 33 heavy (non-hydrogen) atoms. The second-order valence-electron chi connectivity index (χ2n) is 8.09. The van der Waals surface area contributed by atoms with Gasteiger partial charge in [0.05, 0.1) is 17.6 Å². The summed E-state index contributed by atoms with van der Waals surface area (Å²) in [5, 5.41) is 6.15. The standard InChI is InChI=1S/C25H28N6O2/c1-5-17-6-8-18(9-7-17)27-25-28-21-14-19(10-11-22(21)31(25)4)33-20-12-13-26-23(15-20)29-24(32)16-30(2)3/h6-15H,5,16H2,1-4H3,(H,27,28)(H,26,29,32). The summed E-state index contributed by atoms with van der Waals surface area (Å²) in [6.45, 7) is 2.42. The molecule has 0 aliphatic carbocycles. The van der Waals surface area contributed by atoms with E-state index >= 15 is 0 Å². The van der Waals surface area contributed by atoms with Gasteiger partial charge in [-0.3, -0.25) is 4.79 Å². The van der Waals surface area contributed by atoms with Crippen LogP contribution >= 0.6 is 0 Å². The molecule has 4 aromatic rings. The van der Waals surface area contributed by atoms with Crippen LogP contribution in [0.15, 0.2) is 60.8 Å². The van der Waals surface area contributed by atoms with Gasteiger partial charge in [0.2, 0.25) is 11.9 Å². The summed E-state index contributed by atoms with van der Waals surface area (Å²) >= 11 is 0. The zero-order valence-electron chi connectivity index (χ0n) is 19.3. The summed E-state index contributed by atoms with van der Waals surface area (Å²) in [5.41, 5.74) is 4.09. The first-order valence-corrected chi connectivity index (χ1v) is 10.8. The fourth-order valence-corrected chi connectivity index (χ4v) is 3.46. The Labute approximate surface area is 193 Å². The number of aryl methyl sites for hydroxylation is 2. The normalized spacial score (nSPS) is 11.1. The molecule has 8 heteroatoms. The predicted molar refractivity (Wildman–Crippen MR) is 131 cm³/mol. The van der Waals surface area contributed by atoms with E-state index in [9.17, 15) is 4.79 Å². The molecule has 0 aliphatic heterocycles. The van der Waals surface area contributed by atoms with Crippen LogP contribution in [0.2, 0.25) is 0 Å². The summed E-state index contributed by atoms with van der Waals surface area (Å²) in [4.78, 5) is 22.7. The Hall–Kier alpha value is -3.91. The molecular weight excluding hydrogens is 416 g/mol. The van der Waals surface area contributed by atoms with E-state index in [1.165, 1.54) is 5.56 Å². The number of likely N-dealkylation sites (N-methyl/N-ethyl adjacent to an activating group) is 1. The Kier molecular flexibility index (Phi) is 6.55. The van der Waals surface area contributed by atoms with E-state index in [-0.39, 0.29) is 12.5 Å². The van der Waals surface area contributed by atoms with Gasteiger partial charge in [0.25, 0.3) is 0 Å². The molecule has 0 saturated heterocycles. The van der Waals surface area contributed by atoms with Gasteiger partial charge in [-0.05, 0) is 56.4 Å². The Morgan fingerprint density at radius 2 is 1.82 bits per heavy atom. The monoisotopic (exact) mass is 444 g/mol. The summed E-state index contributed by atoms with van der Waals surface area (Å²) in [6.07, 6.45) is 2.61. The van der Waals surface area contributed by atoms with Crippen LogP contribution in [0.5, 0.6) is 11.5 Å². The van der Waals surface area contributed by atoms with Crippen molar-refractivity contribution >= 4 is 34.4 Å². The van der Waals surface area contributed by atoms with Crippen molar-refractivity contribution in [3.05, 3.63) is 66.4 Å². The summed E-state index contributed by atoms with van der Waals surface area (Å²) < 4.78 is 8.02. The van der Waals surface area contributed by atoms with E-state index in [1.807, 2.05) is 43.9 Å². The number of nitrogens with one attached hydrogen (secondary N) is 2. The van der Waals surface area contributed by atoms with Crippen molar-refractivity contribution in [1.29, 1.82) is 0 Å². The second-order valence-corrected chi connectivity index (χ2v) is 8.09. The third-order valence-electron chi connectivity index (χ3n) is 5.17. The van der Waals surface area contributed by atoms with Gasteiger partial charge in [0.1, 0.15) is 17.3 Å². The van der Waals surface area contributed by atoms with Crippen LogP contribution in [-0.4, -0.2) is 46.0 Å². The molecule has 0 aliphatic rings. The molecule has 2 heterocycles. The highest BCUT2D eigenvalue weighted by molar-refractivity contribution is 5.91. The lowest BCUT2D eigenvalue weighted by Gasteiger charge is -2.11. The molecule has 2 aromatic heterocycles. The SMILES string of the molecule is CCc1ccc(Nc2nc3cc(Oc4ccnc(NC(=O)CN(C)C)c4)ccc3n2C)cc1. The van der Waals surface area contributed by atoms with Gasteiger partial charge < -0.3 is 24.8 Å². The lowest BCUT2D eigenvalue weighted by molar-refractivity contribution is -0.116. The zero-order chi connectivity index (χ0) is 23.4. The number of benzene rings is 2. The minimum Gasteiger partial charge on any atom is -0.457 e. The fourth-order valence-electron chi connectivity index (χ4n) is 3.46. The topological polar surface area (TPSA) is 84.3 Å². The van der Waals surface area contributed by atoms with Gasteiger partial charge in [0.15, 0.2) is 0 Å². The predicted octanol–water partition coefficient (Wildman–Crippen LogP) is 4.57. The van der Waals surface area contributed by atoms with Crippen LogP contribution in [0, 0.1) is 0 Å². The van der Waals surface area contributed by atoms with Crippen molar-refractivity contribution in [2.45, 2.75) is 13.3 Å². The number of anilines is 3. The van der Waals surface area contributed by atoms with Gasteiger partial charge in [-0.2, -0.15) is 0 Å². The number of rotatable bonds is 8. The first kappa shape index (κ1) is 22.3. The zero-order valence-corrected chi connectivity index (χ0v) is 19.3. The number of hydrogen-bond acceptors (Lipinski definition) is 6. The van der Waals surface area contributed by atoms with Crippen LogP contribution in [0.4, 0.5) is 17.5 Å². The van der Waals surface area contributed by atoms with Crippen molar-refractivity contribution in [3.63, 3.8) is 0 Å². The van der Waals surface area contributed by atoms with Crippen molar-refractivity contribution < 1.29 is 9.53 Å². The average molecular weight is 445 g/mol. The van der Waals surface area contributed by atoms with Crippen LogP contribution in [0.3, 0.4) is 0 Å².